The van der Waals surface area contributed by atoms with E-state index in [0.29, 0.717) is 5.89 Å². The molecule has 1 saturated carbocycles. The standard InChI is InChI=1S/C16H20N4O.2ClH/c1-6-16(11-18-7-1,10-12-2-3-12)15-19-14(21-20-15)13-4-8-17-9-5-13;;/h4-5,8-9,12,18H,1-3,6-7,10-11H2;2*1H. The van der Waals surface area contributed by atoms with Crippen LogP contribution in [0.25, 0.3) is 11.5 Å². The molecule has 0 spiro atoms. The second-order valence-electron chi connectivity index (χ2n) is 6.37. The summed E-state index contributed by atoms with van der Waals surface area (Å²) in [5, 5.41) is 7.85. The maximum atomic E-state index is 5.51. The van der Waals surface area contributed by atoms with Crippen molar-refractivity contribution in [3.05, 3.63) is 30.4 Å². The van der Waals surface area contributed by atoms with Gasteiger partial charge in [0.1, 0.15) is 0 Å². The van der Waals surface area contributed by atoms with Crippen LogP contribution in [0.2, 0.25) is 0 Å². The molecule has 1 aliphatic heterocycles. The van der Waals surface area contributed by atoms with Gasteiger partial charge in [-0.15, -0.1) is 24.8 Å². The van der Waals surface area contributed by atoms with Crippen LogP contribution in [0.15, 0.2) is 29.0 Å². The van der Waals surface area contributed by atoms with Gasteiger partial charge in [0.25, 0.3) is 5.89 Å². The molecular weight excluding hydrogens is 335 g/mol. The van der Waals surface area contributed by atoms with E-state index in [0.717, 1.165) is 36.8 Å². The van der Waals surface area contributed by atoms with E-state index in [1.807, 2.05) is 12.1 Å². The number of pyridine rings is 1. The van der Waals surface area contributed by atoms with Crippen LogP contribution in [-0.2, 0) is 5.41 Å². The van der Waals surface area contributed by atoms with Crippen LogP contribution in [-0.4, -0.2) is 28.2 Å². The smallest absolute Gasteiger partial charge is 0.258 e. The number of nitrogens with zero attached hydrogens (tertiary/aromatic N) is 3. The van der Waals surface area contributed by atoms with Gasteiger partial charge in [0.15, 0.2) is 5.82 Å². The van der Waals surface area contributed by atoms with Crippen molar-refractivity contribution in [3.8, 4) is 11.5 Å². The molecule has 1 aliphatic carbocycles. The average Bonchev–Trinajstić information content (AvgIpc) is 3.20. The normalized spacial score (nSPS) is 23.7. The van der Waals surface area contributed by atoms with E-state index in [1.54, 1.807) is 12.4 Å². The first-order valence-electron chi connectivity index (χ1n) is 7.81. The summed E-state index contributed by atoms with van der Waals surface area (Å²) in [4.78, 5) is 8.74. The topological polar surface area (TPSA) is 63.8 Å². The summed E-state index contributed by atoms with van der Waals surface area (Å²) in [5.41, 5.74) is 1.00. The maximum Gasteiger partial charge on any atom is 0.258 e. The Bertz CT molecular complexity index is 610. The lowest BCUT2D eigenvalue weighted by Crippen LogP contribution is -2.44. The molecule has 1 unspecified atom stereocenters. The fourth-order valence-electron chi connectivity index (χ4n) is 3.35. The van der Waals surface area contributed by atoms with Gasteiger partial charge in [-0.2, -0.15) is 4.98 Å². The first-order valence-corrected chi connectivity index (χ1v) is 7.81. The lowest BCUT2D eigenvalue weighted by molar-refractivity contribution is 0.256. The van der Waals surface area contributed by atoms with E-state index in [2.05, 4.69) is 15.5 Å². The van der Waals surface area contributed by atoms with E-state index >= 15 is 0 Å². The van der Waals surface area contributed by atoms with Gasteiger partial charge in [-0.3, -0.25) is 4.98 Å². The molecular formula is C16H22Cl2N4O. The molecule has 23 heavy (non-hydrogen) atoms. The maximum absolute atomic E-state index is 5.51. The molecule has 2 aromatic rings. The molecule has 2 aliphatic rings. The molecule has 5 nitrogen and oxygen atoms in total. The highest BCUT2D eigenvalue weighted by molar-refractivity contribution is 5.85. The summed E-state index contributed by atoms with van der Waals surface area (Å²) in [6, 6.07) is 3.81. The Balaban J connectivity index is 0.000000960. The molecule has 4 rings (SSSR count). The van der Waals surface area contributed by atoms with E-state index < -0.39 is 0 Å². The second-order valence-corrected chi connectivity index (χ2v) is 6.37. The Morgan fingerprint density at radius 3 is 2.65 bits per heavy atom. The molecule has 1 saturated heterocycles. The fourth-order valence-corrected chi connectivity index (χ4v) is 3.35. The zero-order valence-electron chi connectivity index (χ0n) is 12.9. The number of rotatable bonds is 4. The molecule has 2 aromatic heterocycles. The third-order valence-corrected chi connectivity index (χ3v) is 4.68. The molecule has 126 valence electrons. The van der Waals surface area contributed by atoms with Gasteiger partial charge in [-0.1, -0.05) is 18.0 Å². The van der Waals surface area contributed by atoms with Gasteiger partial charge in [0.2, 0.25) is 0 Å². The number of hydrogen-bond acceptors (Lipinski definition) is 5. The second kappa shape index (κ2) is 7.60. The van der Waals surface area contributed by atoms with Crippen LogP contribution >= 0.6 is 24.8 Å². The first kappa shape index (κ1) is 18.2. The molecule has 1 atom stereocenters. The van der Waals surface area contributed by atoms with Gasteiger partial charge < -0.3 is 9.84 Å². The van der Waals surface area contributed by atoms with Crippen LogP contribution < -0.4 is 5.32 Å². The predicted molar refractivity (Wildman–Crippen MR) is 93.1 cm³/mol. The fraction of sp³-hybridized carbons (Fsp3) is 0.562. The average molecular weight is 357 g/mol. The van der Waals surface area contributed by atoms with Crippen molar-refractivity contribution in [2.24, 2.45) is 5.92 Å². The highest BCUT2D eigenvalue weighted by Gasteiger charge is 2.42. The minimum atomic E-state index is 0. The van der Waals surface area contributed by atoms with Gasteiger partial charge >= 0.3 is 0 Å². The van der Waals surface area contributed by atoms with Gasteiger partial charge in [0, 0.05) is 29.9 Å². The van der Waals surface area contributed by atoms with E-state index in [-0.39, 0.29) is 30.2 Å². The quantitative estimate of drug-likeness (QED) is 0.909. The number of piperidine rings is 1. The largest absolute Gasteiger partial charge is 0.334 e. The third-order valence-electron chi connectivity index (χ3n) is 4.68. The Morgan fingerprint density at radius 2 is 2.00 bits per heavy atom. The number of halogens is 2. The zero-order chi connectivity index (χ0) is 14.1. The van der Waals surface area contributed by atoms with Crippen LogP contribution in [0, 0.1) is 5.92 Å². The van der Waals surface area contributed by atoms with Crippen molar-refractivity contribution in [3.63, 3.8) is 0 Å². The van der Waals surface area contributed by atoms with Crippen molar-refractivity contribution in [2.75, 3.05) is 13.1 Å². The summed E-state index contributed by atoms with van der Waals surface area (Å²) >= 11 is 0. The molecule has 0 bridgehead atoms. The zero-order valence-corrected chi connectivity index (χ0v) is 14.5. The van der Waals surface area contributed by atoms with Crippen LogP contribution in [0.4, 0.5) is 0 Å². The SMILES string of the molecule is Cl.Cl.c1cc(-c2nc(C3(CC4CC4)CCCNC3)no2)ccn1. The Kier molecular flexibility index (Phi) is 6.00. The summed E-state index contributed by atoms with van der Waals surface area (Å²) < 4.78 is 5.51. The first-order chi connectivity index (χ1) is 10.4. The van der Waals surface area contributed by atoms with Crippen molar-refractivity contribution < 1.29 is 4.52 Å². The Hall–Kier alpha value is -1.17. The number of aromatic nitrogens is 3. The number of hydrogen-bond donors (Lipinski definition) is 1. The molecule has 0 amide bonds. The molecule has 7 heteroatoms. The van der Waals surface area contributed by atoms with Crippen molar-refractivity contribution in [2.45, 2.75) is 37.5 Å². The lowest BCUT2D eigenvalue weighted by Gasteiger charge is -2.35. The Labute approximate surface area is 148 Å². The van der Waals surface area contributed by atoms with Crippen LogP contribution in [0.5, 0.6) is 0 Å². The Morgan fingerprint density at radius 1 is 1.22 bits per heavy atom. The highest BCUT2D eigenvalue weighted by Crippen LogP contribution is 2.44. The molecule has 0 aromatic carbocycles. The number of nitrogens with one attached hydrogen (secondary N) is 1. The van der Waals surface area contributed by atoms with Crippen LogP contribution in [0.1, 0.15) is 37.9 Å². The summed E-state index contributed by atoms with van der Waals surface area (Å²) in [7, 11) is 0. The minimum absolute atomic E-state index is 0. The van der Waals surface area contributed by atoms with E-state index in [4.69, 9.17) is 9.51 Å². The molecule has 2 fully saturated rings. The predicted octanol–water partition coefficient (Wildman–Crippen LogP) is 3.40. The monoisotopic (exact) mass is 356 g/mol. The molecule has 0 radical (unpaired) electrons. The van der Waals surface area contributed by atoms with E-state index in [1.165, 1.54) is 25.7 Å². The van der Waals surface area contributed by atoms with Gasteiger partial charge in [0.05, 0.1) is 0 Å². The summed E-state index contributed by atoms with van der Waals surface area (Å²) in [6.07, 6.45) is 9.75. The van der Waals surface area contributed by atoms with Gasteiger partial charge in [-0.05, 0) is 43.9 Å². The molecule has 1 N–H and O–H groups in total. The molecule has 3 heterocycles. The third kappa shape index (κ3) is 3.84. The summed E-state index contributed by atoms with van der Waals surface area (Å²) in [6.45, 7) is 2.07. The van der Waals surface area contributed by atoms with Gasteiger partial charge in [-0.25, -0.2) is 0 Å². The summed E-state index contributed by atoms with van der Waals surface area (Å²) in [5.74, 6) is 2.34. The van der Waals surface area contributed by atoms with Crippen LogP contribution in [0.3, 0.4) is 0 Å². The minimum Gasteiger partial charge on any atom is -0.334 e. The lowest BCUT2D eigenvalue weighted by atomic mass is 9.75. The van der Waals surface area contributed by atoms with Crippen molar-refractivity contribution in [1.82, 2.24) is 20.4 Å². The highest BCUT2D eigenvalue weighted by atomic mass is 35.5. The van der Waals surface area contributed by atoms with Crippen molar-refractivity contribution in [1.29, 1.82) is 0 Å². The van der Waals surface area contributed by atoms with Crippen molar-refractivity contribution >= 4 is 24.8 Å². The van der Waals surface area contributed by atoms with E-state index in [9.17, 15) is 0 Å².